The molecule has 0 spiro atoms. The average molecular weight is 394 g/mol. The third-order valence-electron chi connectivity index (χ3n) is 4.87. The first-order chi connectivity index (χ1) is 13.1. The number of hydrogen-bond donors (Lipinski definition) is 1. The number of aromatic nitrogens is 2. The van der Waals surface area contributed by atoms with Gasteiger partial charge in [-0.05, 0) is 56.9 Å². The molecule has 2 aromatic heterocycles. The maximum absolute atomic E-state index is 4.87. The second-order valence-corrected chi connectivity index (χ2v) is 8.80. The molecule has 4 aromatic rings. The summed E-state index contributed by atoms with van der Waals surface area (Å²) in [6.45, 7) is 2.23. The van der Waals surface area contributed by atoms with Crippen LogP contribution in [-0.2, 0) is 5.75 Å². The van der Waals surface area contributed by atoms with Gasteiger partial charge in [-0.3, -0.25) is 0 Å². The number of hydrogen-bond acceptors (Lipinski definition) is 4. The summed E-state index contributed by atoms with van der Waals surface area (Å²) in [6, 6.07) is 17.5. The maximum atomic E-state index is 4.87. The van der Waals surface area contributed by atoms with Crippen molar-refractivity contribution >= 4 is 34.0 Å². The first-order valence-corrected chi connectivity index (χ1v) is 10.9. The van der Waals surface area contributed by atoms with Gasteiger partial charge in [0.05, 0.1) is 5.69 Å². The third kappa shape index (κ3) is 3.95. The number of thiazole rings is 1. The van der Waals surface area contributed by atoms with Crippen molar-refractivity contribution in [2.24, 2.45) is 0 Å². The van der Waals surface area contributed by atoms with Crippen LogP contribution in [0.2, 0.25) is 0 Å². The quantitative estimate of drug-likeness (QED) is 0.395. The van der Waals surface area contributed by atoms with Crippen LogP contribution in [0.4, 0.5) is 0 Å². The van der Waals surface area contributed by atoms with Gasteiger partial charge in [0, 0.05) is 44.7 Å². The van der Waals surface area contributed by atoms with E-state index in [4.69, 9.17) is 4.98 Å². The van der Waals surface area contributed by atoms with Gasteiger partial charge in [0.2, 0.25) is 0 Å². The Hall–Kier alpha value is -2.08. The van der Waals surface area contributed by atoms with E-state index in [9.17, 15) is 0 Å². The van der Waals surface area contributed by atoms with Crippen LogP contribution in [0.15, 0.2) is 65.0 Å². The minimum atomic E-state index is 0.364. The van der Waals surface area contributed by atoms with E-state index in [1.165, 1.54) is 26.9 Å². The van der Waals surface area contributed by atoms with Gasteiger partial charge in [-0.15, -0.1) is 23.1 Å². The molecule has 0 aliphatic rings. The molecule has 3 nitrogen and oxygen atoms in total. The Morgan fingerprint density at radius 3 is 2.74 bits per heavy atom. The van der Waals surface area contributed by atoms with E-state index in [0.717, 1.165) is 16.5 Å². The molecule has 0 aliphatic carbocycles. The molecule has 0 saturated heterocycles. The monoisotopic (exact) mass is 393 g/mol. The molecule has 1 atom stereocenters. The van der Waals surface area contributed by atoms with Crippen molar-refractivity contribution < 1.29 is 0 Å². The summed E-state index contributed by atoms with van der Waals surface area (Å²) in [5.74, 6) is 0.899. The lowest BCUT2D eigenvalue weighted by molar-refractivity contribution is 0.323. The Morgan fingerprint density at radius 2 is 1.96 bits per heavy atom. The Balaban J connectivity index is 1.57. The standard InChI is InChI=1S/C22H23N3S2/c1-15(25(2)3)20-12-23-21-10-9-16(11-19(20)21)22-24-17(14-27-22)13-26-18-7-5-4-6-8-18/h4-12,14-15,23H,13H2,1-3H3. The van der Waals surface area contributed by atoms with E-state index in [-0.39, 0.29) is 0 Å². The minimum absolute atomic E-state index is 0.364. The van der Waals surface area contributed by atoms with Crippen LogP contribution in [0.1, 0.15) is 24.2 Å². The lowest BCUT2D eigenvalue weighted by Crippen LogP contribution is -2.16. The fraction of sp³-hybridized carbons (Fsp3) is 0.227. The van der Waals surface area contributed by atoms with E-state index in [2.05, 4.69) is 84.9 Å². The van der Waals surface area contributed by atoms with Crippen LogP contribution in [-0.4, -0.2) is 29.0 Å². The first-order valence-electron chi connectivity index (χ1n) is 9.02. The van der Waals surface area contributed by atoms with Crippen LogP contribution in [0.25, 0.3) is 21.5 Å². The molecular formula is C22H23N3S2. The molecule has 1 unspecified atom stereocenters. The molecule has 0 saturated carbocycles. The van der Waals surface area contributed by atoms with E-state index >= 15 is 0 Å². The summed E-state index contributed by atoms with van der Waals surface area (Å²) in [5.41, 5.74) is 4.84. The lowest BCUT2D eigenvalue weighted by atomic mass is 10.0. The second-order valence-electron chi connectivity index (χ2n) is 6.89. The summed E-state index contributed by atoms with van der Waals surface area (Å²) in [5, 5.41) is 4.55. The summed E-state index contributed by atoms with van der Waals surface area (Å²) in [4.78, 5) is 11.8. The summed E-state index contributed by atoms with van der Waals surface area (Å²) in [7, 11) is 4.23. The normalized spacial score (nSPS) is 12.7. The Bertz CT molecular complexity index is 1030. The highest BCUT2D eigenvalue weighted by atomic mass is 32.2. The smallest absolute Gasteiger partial charge is 0.123 e. The molecular weight excluding hydrogens is 370 g/mol. The highest BCUT2D eigenvalue weighted by Gasteiger charge is 2.14. The van der Waals surface area contributed by atoms with Crippen LogP contribution in [0.5, 0.6) is 0 Å². The lowest BCUT2D eigenvalue weighted by Gasteiger charge is -2.19. The van der Waals surface area contributed by atoms with E-state index in [0.29, 0.717) is 6.04 Å². The number of thioether (sulfide) groups is 1. The summed E-state index contributed by atoms with van der Waals surface area (Å²) < 4.78 is 0. The highest BCUT2D eigenvalue weighted by molar-refractivity contribution is 7.98. The van der Waals surface area contributed by atoms with Gasteiger partial charge in [-0.25, -0.2) is 4.98 Å². The summed E-state index contributed by atoms with van der Waals surface area (Å²) in [6.07, 6.45) is 2.13. The Labute approximate surface area is 168 Å². The Morgan fingerprint density at radius 1 is 1.15 bits per heavy atom. The highest BCUT2D eigenvalue weighted by Crippen LogP contribution is 2.33. The minimum Gasteiger partial charge on any atom is -0.361 e. The zero-order valence-electron chi connectivity index (χ0n) is 15.8. The van der Waals surface area contributed by atoms with Crippen molar-refractivity contribution in [2.45, 2.75) is 23.6 Å². The fourth-order valence-electron chi connectivity index (χ4n) is 3.08. The van der Waals surface area contributed by atoms with Crippen molar-refractivity contribution in [1.29, 1.82) is 0 Å². The molecule has 0 fully saturated rings. The molecule has 0 aliphatic heterocycles. The van der Waals surface area contributed by atoms with Gasteiger partial charge in [-0.1, -0.05) is 18.2 Å². The zero-order chi connectivity index (χ0) is 18.8. The molecule has 4 rings (SSSR count). The van der Waals surface area contributed by atoms with Crippen molar-refractivity contribution in [1.82, 2.24) is 14.9 Å². The van der Waals surface area contributed by atoms with Crippen LogP contribution < -0.4 is 0 Å². The van der Waals surface area contributed by atoms with Crippen molar-refractivity contribution in [2.75, 3.05) is 14.1 Å². The molecule has 0 amide bonds. The van der Waals surface area contributed by atoms with Gasteiger partial charge in [0.1, 0.15) is 5.01 Å². The molecule has 2 heterocycles. The number of rotatable bonds is 6. The van der Waals surface area contributed by atoms with Gasteiger partial charge in [0.25, 0.3) is 0 Å². The topological polar surface area (TPSA) is 31.9 Å². The zero-order valence-corrected chi connectivity index (χ0v) is 17.4. The number of aromatic amines is 1. The molecule has 2 aromatic carbocycles. The maximum Gasteiger partial charge on any atom is 0.123 e. The Kier molecular flexibility index (Phi) is 5.34. The van der Waals surface area contributed by atoms with Gasteiger partial charge < -0.3 is 9.88 Å². The number of nitrogens with one attached hydrogen (secondary N) is 1. The van der Waals surface area contributed by atoms with Crippen LogP contribution in [0, 0.1) is 0 Å². The average Bonchev–Trinajstić information content (AvgIpc) is 3.33. The molecule has 27 heavy (non-hydrogen) atoms. The van der Waals surface area contributed by atoms with E-state index < -0.39 is 0 Å². The summed E-state index contributed by atoms with van der Waals surface area (Å²) >= 11 is 3.55. The number of H-pyrrole nitrogens is 1. The fourth-order valence-corrected chi connectivity index (χ4v) is 4.81. The number of fused-ring (bicyclic) bond motifs is 1. The predicted octanol–water partition coefficient (Wildman–Crippen LogP) is 6.21. The largest absolute Gasteiger partial charge is 0.361 e. The van der Waals surface area contributed by atoms with Crippen molar-refractivity contribution in [3.8, 4) is 10.6 Å². The molecule has 138 valence electrons. The van der Waals surface area contributed by atoms with E-state index in [1.807, 2.05) is 17.8 Å². The van der Waals surface area contributed by atoms with Gasteiger partial charge >= 0.3 is 0 Å². The molecule has 1 N–H and O–H groups in total. The molecule has 0 bridgehead atoms. The van der Waals surface area contributed by atoms with Crippen LogP contribution >= 0.6 is 23.1 Å². The first kappa shape index (κ1) is 18.3. The van der Waals surface area contributed by atoms with Crippen molar-refractivity contribution in [3.63, 3.8) is 0 Å². The van der Waals surface area contributed by atoms with Crippen molar-refractivity contribution in [3.05, 3.63) is 71.4 Å². The SMILES string of the molecule is CC(c1c[nH]c2ccc(-c3nc(CSc4ccccc4)cs3)cc12)N(C)C. The second kappa shape index (κ2) is 7.89. The van der Waals surface area contributed by atoms with Gasteiger partial charge in [-0.2, -0.15) is 0 Å². The number of benzene rings is 2. The van der Waals surface area contributed by atoms with Gasteiger partial charge in [0.15, 0.2) is 0 Å². The molecule has 5 heteroatoms. The molecule has 0 radical (unpaired) electrons. The number of nitrogens with zero attached hydrogens (tertiary/aromatic N) is 2. The third-order valence-corrected chi connectivity index (χ3v) is 6.85. The predicted molar refractivity (Wildman–Crippen MR) is 118 cm³/mol. The van der Waals surface area contributed by atoms with Crippen LogP contribution in [0.3, 0.4) is 0 Å². The van der Waals surface area contributed by atoms with E-state index in [1.54, 1.807) is 11.3 Å².